The van der Waals surface area contributed by atoms with Crippen LogP contribution in [0.1, 0.15) is 11.5 Å². The maximum atomic E-state index is 13.0. The number of aromatic nitrogens is 2. The Bertz CT molecular complexity index is 636. The van der Waals surface area contributed by atoms with E-state index in [0.29, 0.717) is 17.3 Å². The molecule has 0 saturated carbocycles. The second-order valence-electron chi connectivity index (χ2n) is 3.55. The monoisotopic (exact) mass is 262 g/mol. The molecule has 0 bridgehead atoms. The first-order chi connectivity index (χ1) is 8.58. The van der Waals surface area contributed by atoms with Gasteiger partial charge in [0.1, 0.15) is 29.2 Å². The van der Waals surface area contributed by atoms with E-state index in [4.69, 9.17) is 16.9 Å². The van der Waals surface area contributed by atoms with Crippen LogP contribution in [-0.2, 0) is 0 Å². The molecular formula is C12H8ClFN4. The van der Waals surface area contributed by atoms with Gasteiger partial charge in [0.05, 0.1) is 5.02 Å². The summed E-state index contributed by atoms with van der Waals surface area (Å²) < 4.78 is 13.0. The smallest absolute Gasteiger partial charge is 0.146 e. The number of nitrogens with one attached hydrogen (secondary N) is 1. The normalized spacial score (nSPS) is 9.89. The standard InChI is InChI=1S/C12H8ClFN4/c1-7-16-9(6-15)5-12(17-7)18-8-2-3-11(14)10(13)4-8/h2-5H,1H3,(H,16,17,18). The van der Waals surface area contributed by atoms with Gasteiger partial charge in [-0.25, -0.2) is 14.4 Å². The molecular weight excluding hydrogens is 255 g/mol. The molecule has 2 rings (SSSR count). The highest BCUT2D eigenvalue weighted by atomic mass is 35.5. The highest BCUT2D eigenvalue weighted by molar-refractivity contribution is 6.31. The zero-order valence-corrected chi connectivity index (χ0v) is 10.2. The minimum absolute atomic E-state index is 0.0197. The van der Waals surface area contributed by atoms with Crippen molar-refractivity contribution in [2.75, 3.05) is 5.32 Å². The van der Waals surface area contributed by atoms with E-state index in [1.165, 1.54) is 24.3 Å². The summed E-state index contributed by atoms with van der Waals surface area (Å²) in [7, 11) is 0. The number of halogens is 2. The summed E-state index contributed by atoms with van der Waals surface area (Å²) in [5.41, 5.74) is 0.849. The van der Waals surface area contributed by atoms with Gasteiger partial charge in [0.25, 0.3) is 0 Å². The second kappa shape index (κ2) is 4.98. The van der Waals surface area contributed by atoms with Crippen LogP contribution in [0.3, 0.4) is 0 Å². The zero-order valence-electron chi connectivity index (χ0n) is 9.41. The lowest BCUT2D eigenvalue weighted by Gasteiger charge is -2.07. The lowest BCUT2D eigenvalue weighted by molar-refractivity contribution is 0.628. The molecule has 0 aliphatic rings. The van der Waals surface area contributed by atoms with Crippen LogP contribution in [-0.4, -0.2) is 9.97 Å². The first-order valence-electron chi connectivity index (χ1n) is 5.06. The van der Waals surface area contributed by atoms with E-state index in [0.717, 1.165) is 0 Å². The Morgan fingerprint density at radius 2 is 2.11 bits per heavy atom. The number of aryl methyl sites for hydroxylation is 1. The molecule has 0 fully saturated rings. The fourth-order valence-corrected chi connectivity index (χ4v) is 1.59. The predicted molar refractivity (Wildman–Crippen MR) is 66.2 cm³/mol. The van der Waals surface area contributed by atoms with Crippen LogP contribution in [0.4, 0.5) is 15.9 Å². The molecule has 0 aliphatic carbocycles. The molecule has 0 saturated heterocycles. The number of anilines is 2. The van der Waals surface area contributed by atoms with Crippen molar-refractivity contribution in [1.82, 2.24) is 9.97 Å². The van der Waals surface area contributed by atoms with Gasteiger partial charge in [-0.15, -0.1) is 0 Å². The third-order valence-electron chi connectivity index (χ3n) is 2.14. The van der Waals surface area contributed by atoms with Crippen molar-refractivity contribution in [2.45, 2.75) is 6.92 Å². The number of benzene rings is 1. The van der Waals surface area contributed by atoms with Crippen molar-refractivity contribution in [2.24, 2.45) is 0 Å². The summed E-state index contributed by atoms with van der Waals surface area (Å²) in [6.45, 7) is 1.68. The van der Waals surface area contributed by atoms with Gasteiger partial charge in [-0.05, 0) is 25.1 Å². The quantitative estimate of drug-likeness (QED) is 0.903. The van der Waals surface area contributed by atoms with Gasteiger partial charge in [-0.2, -0.15) is 5.26 Å². The first kappa shape index (κ1) is 12.3. The highest BCUT2D eigenvalue weighted by Gasteiger charge is 2.04. The Balaban J connectivity index is 2.31. The number of nitriles is 1. The fraction of sp³-hybridized carbons (Fsp3) is 0.0833. The summed E-state index contributed by atoms with van der Waals surface area (Å²) in [4.78, 5) is 8.05. The summed E-state index contributed by atoms with van der Waals surface area (Å²) in [5, 5.41) is 11.7. The Kier molecular flexibility index (Phi) is 3.40. The summed E-state index contributed by atoms with van der Waals surface area (Å²) >= 11 is 5.67. The van der Waals surface area contributed by atoms with Crippen LogP contribution in [0, 0.1) is 24.1 Å². The molecule has 0 amide bonds. The lowest BCUT2D eigenvalue weighted by atomic mass is 10.3. The zero-order chi connectivity index (χ0) is 13.1. The van der Waals surface area contributed by atoms with Crippen molar-refractivity contribution in [3.05, 3.63) is 46.6 Å². The molecule has 1 aromatic heterocycles. The summed E-state index contributed by atoms with van der Waals surface area (Å²) in [5.74, 6) is 0.449. The highest BCUT2D eigenvalue weighted by Crippen LogP contribution is 2.22. The number of hydrogen-bond acceptors (Lipinski definition) is 4. The SMILES string of the molecule is Cc1nc(C#N)cc(Nc2ccc(F)c(Cl)c2)n1. The number of nitrogens with zero attached hydrogens (tertiary/aromatic N) is 3. The maximum absolute atomic E-state index is 13.0. The van der Waals surface area contributed by atoms with Gasteiger partial charge in [0.15, 0.2) is 0 Å². The van der Waals surface area contributed by atoms with E-state index in [1.807, 2.05) is 6.07 Å². The topological polar surface area (TPSA) is 61.6 Å². The summed E-state index contributed by atoms with van der Waals surface area (Å²) in [6.07, 6.45) is 0. The van der Waals surface area contributed by atoms with Crippen LogP contribution in [0.15, 0.2) is 24.3 Å². The molecule has 6 heteroatoms. The Morgan fingerprint density at radius 1 is 1.33 bits per heavy atom. The molecule has 0 atom stereocenters. The Morgan fingerprint density at radius 3 is 2.78 bits per heavy atom. The van der Waals surface area contributed by atoms with Gasteiger partial charge in [-0.3, -0.25) is 0 Å². The van der Waals surface area contributed by atoms with Crippen molar-refractivity contribution in [3.63, 3.8) is 0 Å². The van der Waals surface area contributed by atoms with Crippen LogP contribution in [0.2, 0.25) is 5.02 Å². The van der Waals surface area contributed by atoms with Crippen molar-refractivity contribution in [1.29, 1.82) is 5.26 Å². The van der Waals surface area contributed by atoms with E-state index in [9.17, 15) is 4.39 Å². The molecule has 1 aromatic carbocycles. The molecule has 0 spiro atoms. The molecule has 0 aliphatic heterocycles. The largest absolute Gasteiger partial charge is 0.340 e. The van der Waals surface area contributed by atoms with E-state index in [1.54, 1.807) is 6.92 Å². The van der Waals surface area contributed by atoms with Gasteiger partial charge >= 0.3 is 0 Å². The molecule has 2 aromatic rings. The summed E-state index contributed by atoms with van der Waals surface area (Å²) in [6, 6.07) is 7.67. The molecule has 18 heavy (non-hydrogen) atoms. The van der Waals surface area contributed by atoms with Gasteiger partial charge in [-0.1, -0.05) is 11.6 Å². The minimum Gasteiger partial charge on any atom is -0.340 e. The fourth-order valence-electron chi connectivity index (χ4n) is 1.41. The maximum Gasteiger partial charge on any atom is 0.146 e. The Labute approximate surface area is 108 Å². The number of hydrogen-bond donors (Lipinski definition) is 1. The van der Waals surface area contributed by atoms with E-state index >= 15 is 0 Å². The van der Waals surface area contributed by atoms with Gasteiger partial charge < -0.3 is 5.32 Å². The number of rotatable bonds is 2. The van der Waals surface area contributed by atoms with Crippen LogP contribution >= 0.6 is 11.6 Å². The first-order valence-corrected chi connectivity index (χ1v) is 5.44. The van der Waals surface area contributed by atoms with Gasteiger partial charge in [0.2, 0.25) is 0 Å². The van der Waals surface area contributed by atoms with Crippen molar-refractivity contribution < 1.29 is 4.39 Å². The van der Waals surface area contributed by atoms with E-state index < -0.39 is 5.82 Å². The van der Waals surface area contributed by atoms with Crippen LogP contribution in [0.25, 0.3) is 0 Å². The van der Waals surface area contributed by atoms with E-state index in [-0.39, 0.29) is 10.7 Å². The van der Waals surface area contributed by atoms with E-state index in [2.05, 4.69) is 15.3 Å². The van der Waals surface area contributed by atoms with Crippen molar-refractivity contribution in [3.8, 4) is 6.07 Å². The average Bonchev–Trinajstić information content (AvgIpc) is 2.33. The molecule has 0 radical (unpaired) electrons. The third kappa shape index (κ3) is 2.73. The lowest BCUT2D eigenvalue weighted by Crippen LogP contribution is -1.99. The minimum atomic E-state index is -0.487. The predicted octanol–water partition coefficient (Wildman–Crippen LogP) is 3.19. The van der Waals surface area contributed by atoms with Gasteiger partial charge in [0, 0.05) is 11.8 Å². The Hall–Kier alpha value is -2.19. The molecule has 90 valence electrons. The van der Waals surface area contributed by atoms with Crippen LogP contribution < -0.4 is 5.32 Å². The average molecular weight is 263 g/mol. The molecule has 1 heterocycles. The third-order valence-corrected chi connectivity index (χ3v) is 2.43. The second-order valence-corrected chi connectivity index (χ2v) is 3.96. The van der Waals surface area contributed by atoms with Crippen LogP contribution in [0.5, 0.6) is 0 Å². The molecule has 4 nitrogen and oxygen atoms in total. The molecule has 1 N–H and O–H groups in total. The van der Waals surface area contributed by atoms with Crippen molar-refractivity contribution >= 4 is 23.1 Å². The molecule has 0 unspecified atom stereocenters.